The van der Waals surface area contributed by atoms with Crippen LogP contribution in [-0.2, 0) is 19.6 Å². The van der Waals surface area contributed by atoms with Gasteiger partial charge in [0.15, 0.2) is 11.5 Å². The van der Waals surface area contributed by atoms with E-state index in [1.165, 1.54) is 33.5 Å². The van der Waals surface area contributed by atoms with Crippen LogP contribution in [0.5, 0.6) is 17.2 Å². The number of hydrogen-bond donors (Lipinski definition) is 3. The molecule has 2 unspecified atom stereocenters. The standard InChI is InChI=1S/C15H23N3O7S/c1-5-25-15(19)10-8-13(17-16-10)26(20,21)18-9-6-11(22-2)14(24-4)12(7-9)23-3/h6-7,10,13,16-18H,5,8H2,1-4H3. The number of rotatable bonds is 8. The lowest BCUT2D eigenvalue weighted by molar-refractivity contribution is -0.145. The van der Waals surface area contributed by atoms with Gasteiger partial charge in [-0.25, -0.2) is 19.3 Å². The molecule has 0 saturated carbocycles. The molecule has 146 valence electrons. The maximum atomic E-state index is 12.6. The van der Waals surface area contributed by atoms with Gasteiger partial charge in [-0.15, -0.1) is 0 Å². The molecule has 2 atom stereocenters. The lowest BCUT2D eigenvalue weighted by Gasteiger charge is -2.17. The van der Waals surface area contributed by atoms with E-state index in [4.69, 9.17) is 18.9 Å². The second-order valence-corrected chi connectivity index (χ2v) is 7.24. The predicted molar refractivity (Wildman–Crippen MR) is 93.7 cm³/mol. The van der Waals surface area contributed by atoms with Crippen molar-refractivity contribution in [1.82, 2.24) is 10.9 Å². The van der Waals surface area contributed by atoms with Crippen LogP contribution >= 0.6 is 0 Å². The summed E-state index contributed by atoms with van der Waals surface area (Å²) in [5.74, 6) is 0.462. The number of benzene rings is 1. The van der Waals surface area contributed by atoms with Crippen molar-refractivity contribution in [2.24, 2.45) is 0 Å². The van der Waals surface area contributed by atoms with Crippen LogP contribution in [-0.4, -0.2) is 53.7 Å². The summed E-state index contributed by atoms with van der Waals surface area (Å²) in [6.45, 7) is 1.90. The topological polar surface area (TPSA) is 124 Å². The van der Waals surface area contributed by atoms with Gasteiger partial charge in [0.05, 0.1) is 33.6 Å². The number of ether oxygens (including phenoxy) is 4. The van der Waals surface area contributed by atoms with Crippen LogP contribution in [0.2, 0.25) is 0 Å². The molecule has 2 rings (SSSR count). The quantitative estimate of drug-likeness (QED) is 0.535. The molecule has 0 amide bonds. The van der Waals surface area contributed by atoms with Crippen LogP contribution in [0.4, 0.5) is 5.69 Å². The summed E-state index contributed by atoms with van der Waals surface area (Å²) >= 11 is 0. The Morgan fingerprint density at radius 1 is 1.15 bits per heavy atom. The number of nitrogens with one attached hydrogen (secondary N) is 3. The van der Waals surface area contributed by atoms with Gasteiger partial charge >= 0.3 is 5.97 Å². The van der Waals surface area contributed by atoms with Crippen LogP contribution in [0.1, 0.15) is 13.3 Å². The average molecular weight is 389 g/mol. The zero-order chi connectivity index (χ0) is 19.3. The van der Waals surface area contributed by atoms with Gasteiger partial charge in [-0.3, -0.25) is 9.52 Å². The van der Waals surface area contributed by atoms with E-state index < -0.39 is 27.4 Å². The number of carbonyl (C=O) groups excluding carboxylic acids is 1. The highest BCUT2D eigenvalue weighted by Gasteiger charge is 2.38. The molecule has 1 saturated heterocycles. The summed E-state index contributed by atoms with van der Waals surface area (Å²) in [5.41, 5.74) is 5.47. The lowest BCUT2D eigenvalue weighted by Crippen LogP contribution is -2.41. The van der Waals surface area contributed by atoms with Gasteiger partial charge in [-0.2, -0.15) is 0 Å². The summed E-state index contributed by atoms with van der Waals surface area (Å²) < 4.78 is 48.2. The summed E-state index contributed by atoms with van der Waals surface area (Å²) in [6.07, 6.45) is 0.0264. The highest BCUT2D eigenvalue weighted by atomic mass is 32.2. The number of hydrogen-bond acceptors (Lipinski definition) is 9. The van der Waals surface area contributed by atoms with Gasteiger partial charge in [0, 0.05) is 18.6 Å². The molecular formula is C15H23N3O7S. The van der Waals surface area contributed by atoms with E-state index in [-0.39, 0.29) is 18.7 Å². The minimum absolute atomic E-state index is 0.0264. The molecule has 0 radical (unpaired) electrons. The van der Waals surface area contributed by atoms with Gasteiger partial charge < -0.3 is 18.9 Å². The summed E-state index contributed by atoms with van der Waals surface area (Å²) in [4.78, 5) is 11.7. The molecule has 0 spiro atoms. The van der Waals surface area contributed by atoms with E-state index in [1.807, 2.05) is 0 Å². The minimum atomic E-state index is -3.85. The fraction of sp³-hybridized carbons (Fsp3) is 0.533. The molecule has 0 aromatic heterocycles. The Labute approximate surface area is 152 Å². The normalized spacial score (nSPS) is 19.7. The Morgan fingerprint density at radius 3 is 2.27 bits per heavy atom. The van der Waals surface area contributed by atoms with Crippen molar-refractivity contribution in [3.05, 3.63) is 12.1 Å². The van der Waals surface area contributed by atoms with Crippen molar-refractivity contribution in [3.8, 4) is 17.2 Å². The first-order valence-corrected chi connectivity index (χ1v) is 9.40. The molecule has 0 bridgehead atoms. The zero-order valence-electron chi connectivity index (χ0n) is 15.0. The maximum Gasteiger partial charge on any atom is 0.324 e. The third-order valence-corrected chi connectivity index (χ3v) is 5.32. The first-order valence-electron chi connectivity index (χ1n) is 7.85. The maximum absolute atomic E-state index is 12.6. The number of hydrazine groups is 1. The fourth-order valence-corrected chi connectivity index (χ4v) is 3.76. The molecule has 1 fully saturated rings. The Balaban J connectivity index is 2.18. The second kappa shape index (κ2) is 8.43. The van der Waals surface area contributed by atoms with E-state index in [0.29, 0.717) is 17.2 Å². The van der Waals surface area contributed by atoms with Gasteiger partial charge in [0.25, 0.3) is 0 Å². The van der Waals surface area contributed by atoms with Gasteiger partial charge in [-0.05, 0) is 6.92 Å². The molecule has 0 aliphatic carbocycles. The van der Waals surface area contributed by atoms with Crippen molar-refractivity contribution in [2.45, 2.75) is 24.8 Å². The Morgan fingerprint density at radius 2 is 1.77 bits per heavy atom. The van der Waals surface area contributed by atoms with Crippen LogP contribution in [0.15, 0.2) is 12.1 Å². The van der Waals surface area contributed by atoms with Crippen LogP contribution in [0, 0.1) is 0 Å². The van der Waals surface area contributed by atoms with Crippen molar-refractivity contribution >= 4 is 21.7 Å². The Bertz CT molecular complexity index is 729. The second-order valence-electron chi connectivity index (χ2n) is 5.38. The highest BCUT2D eigenvalue weighted by Crippen LogP contribution is 2.40. The van der Waals surface area contributed by atoms with Gasteiger partial charge in [0.1, 0.15) is 11.4 Å². The predicted octanol–water partition coefficient (Wildman–Crippen LogP) is 0.210. The Hall–Kier alpha value is -2.24. The zero-order valence-corrected chi connectivity index (χ0v) is 15.8. The highest BCUT2D eigenvalue weighted by molar-refractivity contribution is 7.93. The first-order chi connectivity index (χ1) is 12.4. The Kier molecular flexibility index (Phi) is 6.51. The van der Waals surface area contributed by atoms with Gasteiger partial charge in [0.2, 0.25) is 15.8 Å². The smallest absolute Gasteiger partial charge is 0.324 e. The van der Waals surface area contributed by atoms with Crippen molar-refractivity contribution in [1.29, 1.82) is 0 Å². The van der Waals surface area contributed by atoms with E-state index in [1.54, 1.807) is 6.92 Å². The van der Waals surface area contributed by atoms with Crippen molar-refractivity contribution in [2.75, 3.05) is 32.7 Å². The molecule has 1 aliphatic rings. The summed E-state index contributed by atoms with van der Waals surface area (Å²) in [7, 11) is 0.470. The molecule has 10 nitrogen and oxygen atoms in total. The minimum Gasteiger partial charge on any atom is -0.493 e. The molecule has 1 aliphatic heterocycles. The first kappa shape index (κ1) is 20.1. The number of sulfonamides is 1. The van der Waals surface area contributed by atoms with Gasteiger partial charge in [-0.1, -0.05) is 0 Å². The van der Waals surface area contributed by atoms with Crippen LogP contribution in [0.25, 0.3) is 0 Å². The van der Waals surface area contributed by atoms with Crippen molar-refractivity contribution in [3.63, 3.8) is 0 Å². The number of esters is 1. The van der Waals surface area contributed by atoms with E-state index in [2.05, 4.69) is 15.6 Å². The molecule has 11 heteroatoms. The van der Waals surface area contributed by atoms with Crippen LogP contribution < -0.4 is 29.8 Å². The third-order valence-electron chi connectivity index (χ3n) is 3.74. The van der Waals surface area contributed by atoms with Crippen molar-refractivity contribution < 1.29 is 32.2 Å². The fourth-order valence-electron chi connectivity index (χ4n) is 2.50. The summed E-state index contributed by atoms with van der Waals surface area (Å²) in [6, 6.07) is 2.21. The molecule has 26 heavy (non-hydrogen) atoms. The number of methoxy groups -OCH3 is 3. The molecular weight excluding hydrogens is 366 g/mol. The van der Waals surface area contributed by atoms with Crippen LogP contribution in [0.3, 0.4) is 0 Å². The number of carbonyl (C=O) groups is 1. The van der Waals surface area contributed by atoms with E-state index in [0.717, 1.165) is 0 Å². The monoisotopic (exact) mass is 389 g/mol. The molecule has 3 N–H and O–H groups in total. The molecule has 1 heterocycles. The van der Waals surface area contributed by atoms with E-state index in [9.17, 15) is 13.2 Å². The summed E-state index contributed by atoms with van der Waals surface area (Å²) in [5, 5.41) is -1.02. The number of anilines is 1. The third kappa shape index (κ3) is 4.29. The molecule has 1 aromatic rings. The molecule has 1 aromatic carbocycles. The van der Waals surface area contributed by atoms with E-state index >= 15 is 0 Å². The SMILES string of the molecule is CCOC(=O)C1CC(S(=O)(=O)Nc2cc(OC)c(OC)c(OC)c2)NN1. The average Bonchev–Trinajstić information content (AvgIpc) is 3.12. The largest absolute Gasteiger partial charge is 0.493 e. The lowest BCUT2D eigenvalue weighted by atomic mass is 10.2.